The van der Waals surface area contributed by atoms with Crippen molar-refractivity contribution in [2.24, 2.45) is 0 Å². The smallest absolute Gasteiger partial charge is 0.224 e. The number of anilines is 2. The number of carbonyl (C=O) groups is 1. The normalized spacial score (nSPS) is 12.0. The van der Waals surface area contributed by atoms with Crippen molar-refractivity contribution in [1.82, 2.24) is 0 Å². The van der Waals surface area contributed by atoms with Gasteiger partial charge >= 0.3 is 0 Å². The Morgan fingerprint density at radius 1 is 1.21 bits per heavy atom. The van der Waals surface area contributed by atoms with Crippen molar-refractivity contribution in [3.63, 3.8) is 0 Å². The molecule has 1 aromatic rings. The molecule has 0 aliphatic rings. The zero-order valence-corrected chi connectivity index (χ0v) is 12.5. The third-order valence-corrected chi connectivity index (χ3v) is 3.42. The number of amides is 1. The van der Waals surface area contributed by atoms with E-state index >= 15 is 0 Å². The van der Waals surface area contributed by atoms with Crippen LogP contribution in [-0.4, -0.2) is 11.9 Å². The molecule has 1 unspecified atom stereocenters. The van der Waals surface area contributed by atoms with Crippen LogP contribution in [0, 0.1) is 6.92 Å². The summed E-state index contributed by atoms with van der Waals surface area (Å²) >= 11 is 0. The second-order valence-corrected chi connectivity index (χ2v) is 4.92. The first kappa shape index (κ1) is 15.5. The lowest BCUT2D eigenvalue weighted by Gasteiger charge is -2.20. The van der Waals surface area contributed by atoms with Gasteiger partial charge in [0.2, 0.25) is 5.91 Å². The van der Waals surface area contributed by atoms with E-state index in [1.165, 1.54) is 12.8 Å². The van der Waals surface area contributed by atoms with E-state index < -0.39 is 0 Å². The van der Waals surface area contributed by atoms with Crippen molar-refractivity contribution in [3.8, 4) is 0 Å². The predicted octanol–water partition coefficient (Wildman–Crippen LogP) is 4.33. The molecular formula is C16H26N2O. The average Bonchev–Trinajstić information content (AvgIpc) is 2.42. The first-order valence-electron chi connectivity index (χ1n) is 7.28. The van der Waals surface area contributed by atoms with E-state index in [1.54, 1.807) is 0 Å². The zero-order valence-electron chi connectivity index (χ0n) is 12.5. The van der Waals surface area contributed by atoms with Crippen LogP contribution in [-0.2, 0) is 4.79 Å². The van der Waals surface area contributed by atoms with Crippen molar-refractivity contribution in [2.75, 3.05) is 10.6 Å². The van der Waals surface area contributed by atoms with Crippen LogP contribution in [0.2, 0.25) is 0 Å². The maximum atomic E-state index is 11.5. The highest BCUT2D eigenvalue weighted by molar-refractivity contribution is 5.92. The summed E-state index contributed by atoms with van der Waals surface area (Å²) in [5, 5.41) is 6.52. The highest BCUT2D eigenvalue weighted by Gasteiger charge is 2.10. The zero-order chi connectivity index (χ0) is 14.3. The Bertz CT molecular complexity index is 415. The summed E-state index contributed by atoms with van der Waals surface area (Å²) in [7, 11) is 0. The highest BCUT2D eigenvalue weighted by atomic mass is 16.1. The Labute approximate surface area is 116 Å². The van der Waals surface area contributed by atoms with Gasteiger partial charge in [-0.05, 0) is 37.5 Å². The molecule has 1 amide bonds. The summed E-state index contributed by atoms with van der Waals surface area (Å²) < 4.78 is 0. The van der Waals surface area contributed by atoms with Crippen LogP contribution in [0.3, 0.4) is 0 Å². The molecular weight excluding hydrogens is 236 g/mol. The van der Waals surface area contributed by atoms with Crippen LogP contribution in [0.15, 0.2) is 18.2 Å². The lowest BCUT2D eigenvalue weighted by molar-refractivity contribution is -0.115. The Kier molecular flexibility index (Phi) is 6.40. The van der Waals surface area contributed by atoms with Gasteiger partial charge in [0.15, 0.2) is 0 Å². The molecule has 1 aromatic carbocycles. The van der Waals surface area contributed by atoms with E-state index in [0.717, 1.165) is 23.4 Å². The van der Waals surface area contributed by atoms with Crippen LogP contribution in [0.4, 0.5) is 11.4 Å². The van der Waals surface area contributed by atoms with E-state index in [2.05, 4.69) is 30.5 Å². The molecule has 0 radical (unpaired) electrons. The van der Waals surface area contributed by atoms with Crippen molar-refractivity contribution < 1.29 is 4.79 Å². The minimum absolute atomic E-state index is 0.0563. The maximum absolute atomic E-state index is 11.5. The molecule has 1 atom stereocenters. The molecule has 0 heterocycles. The summed E-state index contributed by atoms with van der Waals surface area (Å²) in [4.78, 5) is 11.5. The molecule has 0 bridgehead atoms. The molecule has 19 heavy (non-hydrogen) atoms. The van der Waals surface area contributed by atoms with Gasteiger partial charge < -0.3 is 10.6 Å². The summed E-state index contributed by atoms with van der Waals surface area (Å²) in [6.07, 6.45) is 3.96. The maximum Gasteiger partial charge on any atom is 0.224 e. The van der Waals surface area contributed by atoms with Crippen molar-refractivity contribution in [3.05, 3.63) is 23.8 Å². The summed E-state index contributed by atoms with van der Waals surface area (Å²) in [6.45, 7) is 8.31. The van der Waals surface area contributed by atoms with Gasteiger partial charge in [0.25, 0.3) is 0 Å². The topological polar surface area (TPSA) is 41.1 Å². The molecule has 0 saturated heterocycles. The van der Waals surface area contributed by atoms with Crippen molar-refractivity contribution >= 4 is 17.3 Å². The van der Waals surface area contributed by atoms with Crippen LogP contribution < -0.4 is 10.6 Å². The molecule has 0 fully saturated rings. The Morgan fingerprint density at radius 2 is 1.89 bits per heavy atom. The van der Waals surface area contributed by atoms with Gasteiger partial charge in [-0.3, -0.25) is 4.79 Å². The quantitative estimate of drug-likeness (QED) is 0.767. The fraction of sp³-hybridized carbons (Fsp3) is 0.562. The number of nitrogens with one attached hydrogen (secondary N) is 2. The van der Waals surface area contributed by atoms with Crippen LogP contribution in [0.25, 0.3) is 0 Å². The summed E-state index contributed by atoms with van der Waals surface area (Å²) in [5.74, 6) is 0.0563. The van der Waals surface area contributed by atoms with Crippen molar-refractivity contribution in [2.45, 2.75) is 59.4 Å². The van der Waals surface area contributed by atoms with Crippen LogP contribution in [0.5, 0.6) is 0 Å². The fourth-order valence-corrected chi connectivity index (χ4v) is 2.11. The van der Waals surface area contributed by atoms with Gasteiger partial charge in [-0.2, -0.15) is 0 Å². The SMILES string of the molecule is CCCC(CC)Nc1cccc(NC(=O)CC)c1C. The van der Waals surface area contributed by atoms with Crippen molar-refractivity contribution in [1.29, 1.82) is 0 Å². The molecule has 0 aliphatic heterocycles. The first-order chi connectivity index (χ1) is 9.12. The molecule has 0 spiro atoms. The van der Waals surface area contributed by atoms with E-state index in [4.69, 9.17) is 0 Å². The summed E-state index contributed by atoms with van der Waals surface area (Å²) in [5.41, 5.74) is 3.14. The minimum atomic E-state index is 0.0563. The summed E-state index contributed by atoms with van der Waals surface area (Å²) in [6, 6.07) is 6.52. The van der Waals surface area contributed by atoms with Gasteiger partial charge in [-0.15, -0.1) is 0 Å². The number of benzene rings is 1. The number of carbonyl (C=O) groups excluding carboxylic acids is 1. The number of hydrogen-bond donors (Lipinski definition) is 2. The fourth-order valence-electron chi connectivity index (χ4n) is 2.11. The monoisotopic (exact) mass is 262 g/mol. The molecule has 106 valence electrons. The van der Waals surface area contributed by atoms with Gasteiger partial charge in [-0.1, -0.05) is 33.3 Å². The molecule has 0 saturated carbocycles. The molecule has 2 N–H and O–H groups in total. The van der Waals surface area contributed by atoms with E-state index in [1.807, 2.05) is 26.0 Å². The van der Waals surface area contributed by atoms with E-state index in [9.17, 15) is 4.79 Å². The Morgan fingerprint density at radius 3 is 2.47 bits per heavy atom. The predicted molar refractivity (Wildman–Crippen MR) is 82.7 cm³/mol. The standard InChI is InChI=1S/C16H26N2O/c1-5-9-13(6-2)17-14-10-8-11-15(12(14)4)18-16(19)7-3/h8,10-11,13,17H,5-7,9H2,1-4H3,(H,18,19). The van der Waals surface area contributed by atoms with Gasteiger partial charge in [0.1, 0.15) is 0 Å². The second-order valence-electron chi connectivity index (χ2n) is 4.92. The number of rotatable bonds is 7. The Hall–Kier alpha value is -1.51. The second kappa shape index (κ2) is 7.82. The molecule has 0 aliphatic carbocycles. The lowest BCUT2D eigenvalue weighted by Crippen LogP contribution is -2.19. The van der Waals surface area contributed by atoms with Gasteiger partial charge in [0.05, 0.1) is 0 Å². The number of hydrogen-bond acceptors (Lipinski definition) is 2. The molecule has 1 rings (SSSR count). The van der Waals surface area contributed by atoms with E-state index in [0.29, 0.717) is 12.5 Å². The van der Waals surface area contributed by atoms with E-state index in [-0.39, 0.29) is 5.91 Å². The van der Waals surface area contributed by atoms with Crippen LogP contribution >= 0.6 is 0 Å². The van der Waals surface area contributed by atoms with Gasteiger partial charge in [-0.25, -0.2) is 0 Å². The molecule has 0 aromatic heterocycles. The first-order valence-corrected chi connectivity index (χ1v) is 7.28. The van der Waals surface area contributed by atoms with Gasteiger partial charge in [0, 0.05) is 23.8 Å². The lowest BCUT2D eigenvalue weighted by atomic mass is 10.1. The molecule has 3 heteroatoms. The molecule has 3 nitrogen and oxygen atoms in total. The largest absolute Gasteiger partial charge is 0.382 e. The highest BCUT2D eigenvalue weighted by Crippen LogP contribution is 2.25. The average molecular weight is 262 g/mol. The van der Waals surface area contributed by atoms with Crippen LogP contribution in [0.1, 0.15) is 52.0 Å². The third kappa shape index (κ3) is 4.58. The Balaban J connectivity index is 2.84. The third-order valence-electron chi connectivity index (χ3n) is 3.42. The minimum Gasteiger partial charge on any atom is -0.382 e.